The number of hydrogen-bond acceptors (Lipinski definition) is 12. The van der Waals surface area contributed by atoms with Crippen LogP contribution in [0.2, 0.25) is 0 Å². The molecule has 34 heavy (non-hydrogen) atoms. The Balaban J connectivity index is 0.000000442. The molecule has 3 aliphatic rings. The van der Waals surface area contributed by atoms with Crippen LogP contribution in [0.25, 0.3) is 0 Å². The first-order valence-corrected chi connectivity index (χ1v) is 12.3. The number of alkyl halides is 3. The molecule has 0 aromatic carbocycles. The number of allylic oxidation sites excluding steroid dienone is 1. The molecule has 0 aliphatic carbocycles. The van der Waals surface area contributed by atoms with E-state index >= 15 is 0 Å². The summed E-state index contributed by atoms with van der Waals surface area (Å²) in [6, 6.07) is 0. The van der Waals surface area contributed by atoms with E-state index in [-0.39, 0.29) is 63.0 Å². The minimum absolute atomic E-state index is 0. The summed E-state index contributed by atoms with van der Waals surface area (Å²) in [7, 11) is -3.85. The van der Waals surface area contributed by atoms with Crippen LogP contribution in [0.3, 0.4) is 0 Å². The Bertz CT molecular complexity index is 836. The van der Waals surface area contributed by atoms with Gasteiger partial charge in [-0.2, -0.15) is 8.42 Å². The molecule has 194 valence electrons. The van der Waals surface area contributed by atoms with Gasteiger partial charge in [0.1, 0.15) is 42.4 Å². The molecule has 0 saturated carbocycles. The number of aliphatic hydroxyl groups excluding tert-OH is 5. The Labute approximate surface area is 252 Å². The van der Waals surface area contributed by atoms with Crippen molar-refractivity contribution in [2.45, 2.75) is 61.0 Å². The van der Waals surface area contributed by atoms with Crippen LogP contribution in [0.15, 0.2) is 11.8 Å². The normalized spacial score (nSPS) is 41.2. The van der Waals surface area contributed by atoms with Crippen molar-refractivity contribution in [2.24, 2.45) is 0 Å². The molecule has 6 N–H and O–H groups in total. The third kappa shape index (κ3) is 7.83. The van der Waals surface area contributed by atoms with Crippen molar-refractivity contribution in [3.05, 3.63) is 11.8 Å². The number of hydrogen-bond donors (Lipinski definition) is 6. The van der Waals surface area contributed by atoms with E-state index in [1.165, 1.54) is 6.92 Å². The fourth-order valence-corrected chi connectivity index (χ4v) is 4.67. The number of carbonyl (C=O) groups is 1. The van der Waals surface area contributed by atoms with Crippen LogP contribution in [0.5, 0.6) is 0 Å². The van der Waals surface area contributed by atoms with Crippen LogP contribution in [-0.2, 0) is 33.5 Å². The Morgan fingerprint density at radius 3 is 2.21 bits per heavy atom. The van der Waals surface area contributed by atoms with E-state index in [1.54, 1.807) is 4.72 Å². The van der Waals surface area contributed by atoms with E-state index in [4.69, 9.17) is 49.0 Å². The summed E-state index contributed by atoms with van der Waals surface area (Å²) in [5.74, 6) is -3.03. The van der Waals surface area contributed by atoms with Gasteiger partial charge in [-0.1, -0.05) is 0 Å². The summed E-state index contributed by atoms with van der Waals surface area (Å²) in [6.45, 7) is 0.859. The second-order valence-corrected chi connectivity index (χ2v) is 9.58. The predicted octanol–water partition coefficient (Wildman–Crippen LogP) is -3.02. The zero-order valence-corrected chi connectivity index (χ0v) is 20.0. The summed E-state index contributed by atoms with van der Waals surface area (Å²) in [5, 5.41) is 48.1. The number of halogens is 3. The van der Waals surface area contributed by atoms with Crippen LogP contribution in [0.1, 0.15) is 6.92 Å². The maximum atomic E-state index is 10.5. The molecule has 18 heteroatoms. The first kappa shape index (κ1) is 33.2. The monoisotopic (exact) mass is 599 g/mol. The Hall–Kier alpha value is 1.15. The van der Waals surface area contributed by atoms with Gasteiger partial charge in [0.15, 0.2) is 6.29 Å². The van der Waals surface area contributed by atoms with Gasteiger partial charge in [-0.15, -0.1) is 34.8 Å². The van der Waals surface area contributed by atoms with Gasteiger partial charge in [-0.25, -0.2) is 4.72 Å². The van der Waals surface area contributed by atoms with Gasteiger partial charge in [0.05, 0.1) is 23.7 Å². The maximum absolute atomic E-state index is 10.5. The second-order valence-electron chi connectivity index (χ2n) is 7.22. The summed E-state index contributed by atoms with van der Waals surface area (Å²) in [6.07, 6.45) is -8.34. The Morgan fingerprint density at radius 1 is 1.15 bits per heavy atom. The van der Waals surface area contributed by atoms with Gasteiger partial charge >= 0.3 is 61.7 Å². The molecule has 0 radical (unpaired) electrons. The summed E-state index contributed by atoms with van der Waals surface area (Å²) in [5.41, 5.74) is 0. The van der Waals surface area contributed by atoms with Crippen molar-refractivity contribution in [1.29, 1.82) is 0 Å². The number of nitrogens with one attached hydrogen (secondary N) is 1. The Morgan fingerprint density at radius 2 is 1.76 bits per heavy atom. The van der Waals surface area contributed by atoms with Crippen LogP contribution >= 0.6 is 34.8 Å². The zero-order chi connectivity index (χ0) is 25.1. The van der Waals surface area contributed by atoms with Crippen LogP contribution in [0, 0.1) is 0 Å². The summed E-state index contributed by atoms with van der Waals surface area (Å²) < 4.78 is 43.0. The zero-order valence-electron chi connectivity index (χ0n) is 17.0. The average Bonchev–Trinajstić information content (AvgIpc) is 2.97. The van der Waals surface area contributed by atoms with E-state index in [0.29, 0.717) is 0 Å². The van der Waals surface area contributed by atoms with Crippen molar-refractivity contribution in [1.82, 2.24) is 4.72 Å². The molecular weight excluding hydrogens is 576 g/mol. The molecule has 0 unspecified atom stereocenters. The molecule has 0 aromatic rings. The van der Waals surface area contributed by atoms with Crippen LogP contribution in [0.4, 0.5) is 0 Å². The summed E-state index contributed by atoms with van der Waals surface area (Å²) >= 11 is 17.3. The second kappa shape index (κ2) is 13.8. The number of rotatable bonds is 5. The van der Waals surface area contributed by atoms with Crippen molar-refractivity contribution in [2.75, 3.05) is 18.4 Å². The molecule has 3 aliphatic heterocycles. The number of carbonyl (C=O) groups excluding carboxylic acids is 1. The predicted molar refractivity (Wildman–Crippen MR) is 119 cm³/mol. The molecule has 13 nitrogen and oxygen atoms in total. The number of amides is 1. The van der Waals surface area contributed by atoms with Gasteiger partial charge in [0, 0.05) is 6.08 Å². The first-order chi connectivity index (χ1) is 15.3. The van der Waals surface area contributed by atoms with E-state index in [2.05, 4.69) is 4.18 Å². The van der Waals surface area contributed by atoms with Crippen molar-refractivity contribution < 1.29 is 57.1 Å². The molecular formula is C16H25Cl3KNO12S. The molecule has 1 amide bonds. The van der Waals surface area contributed by atoms with E-state index in [1.807, 2.05) is 0 Å². The quantitative estimate of drug-likeness (QED) is 0.138. The van der Waals surface area contributed by atoms with Gasteiger partial charge in [0.25, 0.3) is 5.91 Å². The van der Waals surface area contributed by atoms with Crippen LogP contribution in [-0.4, -0.2) is 164 Å². The number of aliphatic hydroxyl groups is 5. The molecule has 3 heterocycles. The molecule has 2 saturated heterocycles. The van der Waals surface area contributed by atoms with E-state index in [9.17, 15) is 38.7 Å². The van der Waals surface area contributed by atoms with Crippen molar-refractivity contribution >= 4 is 102 Å². The SMILES string of the molecule is CC1=CC(=O)NS(=O)(=O)O1.OC[C@H]1O[C@H](O[C@]2(CCl)O[C@H](CCl)[C@@H](O)[C@@H]2O)[C@H](O)[C@@H](O)[C@H]1Cl.[KH]. The fraction of sp³-hybridized carbons (Fsp3) is 0.812. The molecule has 9 atom stereocenters. The molecule has 3 rings (SSSR count). The standard InChI is InChI=1S/C12H19Cl3O8.C4H5NO4S.K.H/c13-1-4-7(17)10(20)12(3-14,22-4)23-11-9(19)8(18)6(15)5(2-16)21-11;1-3-2-4(6)5-10(7,8)9-3;;/h4-11,16-20H,1-3H2;2H,1H3,(H,5,6);;/t4-,5-,6+,7-,8+,9-,10+,11-,12+;;;/m1.../s1. The van der Waals surface area contributed by atoms with Gasteiger partial charge in [-0.05, 0) is 6.92 Å². The van der Waals surface area contributed by atoms with Gasteiger partial charge in [0.2, 0.25) is 5.79 Å². The molecule has 0 bridgehead atoms. The van der Waals surface area contributed by atoms with Gasteiger partial charge < -0.3 is 43.9 Å². The Kier molecular flexibility index (Phi) is 13.5. The molecule has 0 spiro atoms. The molecule has 2 fully saturated rings. The van der Waals surface area contributed by atoms with E-state index in [0.717, 1.165) is 6.08 Å². The topological polar surface area (TPSA) is 201 Å². The third-order valence-corrected chi connectivity index (χ3v) is 6.91. The minimum atomic E-state index is -3.85. The average molecular weight is 601 g/mol. The molecule has 0 aromatic heterocycles. The fourth-order valence-electron chi connectivity index (χ4n) is 3.11. The van der Waals surface area contributed by atoms with Crippen molar-refractivity contribution in [3.8, 4) is 0 Å². The van der Waals surface area contributed by atoms with Crippen molar-refractivity contribution in [3.63, 3.8) is 0 Å². The van der Waals surface area contributed by atoms with Gasteiger partial charge in [-0.3, -0.25) is 4.79 Å². The third-order valence-electron chi connectivity index (χ3n) is 4.76. The first-order valence-electron chi connectivity index (χ1n) is 9.35. The van der Waals surface area contributed by atoms with E-state index < -0.39 is 82.8 Å². The summed E-state index contributed by atoms with van der Waals surface area (Å²) in [4.78, 5) is 10.4. The number of ether oxygens (including phenoxy) is 3. The van der Waals surface area contributed by atoms with Crippen LogP contribution < -0.4 is 4.72 Å².